The standard InChI is InChI=1S/C30H49N5O9/c1-9-17(4)23-28(40)34(8)24(16(2)3)29(41)33(7)19(6)25(37)31-13-12-22(36)44-21(15-18(5)30(42)43)27(39)35-14-10-11-20(35)26(38)32-23/h16-21,23-24H,9-15H2,1-8H3,(H,31,37)(H,32,38)(H,42,43). The van der Waals surface area contributed by atoms with Crippen molar-refractivity contribution in [2.45, 2.75) is 104 Å². The zero-order valence-electron chi connectivity index (χ0n) is 27.1. The Kier molecular flexibility index (Phi) is 13.1. The van der Waals surface area contributed by atoms with E-state index < -0.39 is 77.7 Å². The number of carbonyl (C=O) groups is 7. The lowest BCUT2D eigenvalue weighted by Gasteiger charge is -2.38. The third-order valence-electron chi connectivity index (χ3n) is 8.74. The van der Waals surface area contributed by atoms with Gasteiger partial charge in [0.05, 0.1) is 12.3 Å². The van der Waals surface area contributed by atoms with E-state index in [2.05, 4.69) is 10.6 Å². The minimum absolute atomic E-state index is 0.156. The van der Waals surface area contributed by atoms with E-state index in [0.29, 0.717) is 19.3 Å². The molecule has 0 aromatic carbocycles. The summed E-state index contributed by atoms with van der Waals surface area (Å²) < 4.78 is 5.44. The number of esters is 1. The fourth-order valence-corrected chi connectivity index (χ4v) is 5.52. The Morgan fingerprint density at radius 3 is 2.18 bits per heavy atom. The maximum absolute atomic E-state index is 13.9. The van der Waals surface area contributed by atoms with Gasteiger partial charge in [-0.15, -0.1) is 0 Å². The molecule has 2 fully saturated rings. The summed E-state index contributed by atoms with van der Waals surface area (Å²) in [5.41, 5.74) is 0. The number of carboxylic acid groups (broad SMARTS) is 1. The Labute approximate surface area is 259 Å². The molecule has 14 heteroatoms. The van der Waals surface area contributed by atoms with Crippen molar-refractivity contribution < 1.29 is 43.4 Å². The second-order valence-electron chi connectivity index (χ2n) is 12.3. The fourth-order valence-electron chi connectivity index (χ4n) is 5.52. The minimum Gasteiger partial charge on any atom is -0.481 e. The molecule has 3 N–H and O–H groups in total. The van der Waals surface area contributed by atoms with E-state index in [1.807, 2.05) is 6.92 Å². The Morgan fingerprint density at radius 1 is 0.977 bits per heavy atom. The molecule has 7 atom stereocenters. The van der Waals surface area contributed by atoms with Crippen LogP contribution in [0.25, 0.3) is 0 Å². The first kappa shape index (κ1) is 36.5. The van der Waals surface area contributed by atoms with Crippen LogP contribution in [0, 0.1) is 17.8 Å². The molecule has 2 aliphatic heterocycles. The number of carboxylic acids is 1. The van der Waals surface area contributed by atoms with Gasteiger partial charge < -0.3 is 35.2 Å². The second-order valence-corrected chi connectivity index (χ2v) is 12.3. The van der Waals surface area contributed by atoms with Gasteiger partial charge in [-0.25, -0.2) is 0 Å². The molecule has 0 aromatic heterocycles. The van der Waals surface area contributed by atoms with E-state index in [1.165, 1.54) is 42.6 Å². The van der Waals surface area contributed by atoms with Gasteiger partial charge in [0, 0.05) is 33.6 Å². The third kappa shape index (κ3) is 8.69. The number of cyclic esters (lactones) is 1. The predicted octanol–water partition coefficient (Wildman–Crippen LogP) is 0.381. The number of carbonyl (C=O) groups excluding carboxylic acids is 6. The molecule has 14 nitrogen and oxygen atoms in total. The largest absolute Gasteiger partial charge is 0.481 e. The van der Waals surface area contributed by atoms with Gasteiger partial charge in [0.25, 0.3) is 5.91 Å². The van der Waals surface area contributed by atoms with Crippen molar-refractivity contribution in [1.29, 1.82) is 0 Å². The average molecular weight is 624 g/mol. The normalized spacial score (nSPS) is 28.4. The van der Waals surface area contributed by atoms with Gasteiger partial charge in [0.2, 0.25) is 23.6 Å². The van der Waals surface area contributed by atoms with Crippen LogP contribution in [0.5, 0.6) is 0 Å². The number of nitrogens with one attached hydrogen (secondary N) is 2. The van der Waals surface area contributed by atoms with E-state index in [9.17, 15) is 38.7 Å². The quantitative estimate of drug-likeness (QED) is 0.352. The molecule has 0 saturated carbocycles. The van der Waals surface area contributed by atoms with E-state index in [1.54, 1.807) is 20.8 Å². The van der Waals surface area contributed by atoms with Crippen LogP contribution in [-0.2, 0) is 38.3 Å². The predicted molar refractivity (Wildman–Crippen MR) is 159 cm³/mol. The summed E-state index contributed by atoms with van der Waals surface area (Å²) in [6, 6.07) is -3.87. The Balaban J connectivity index is 2.56. The smallest absolute Gasteiger partial charge is 0.308 e. The van der Waals surface area contributed by atoms with E-state index in [4.69, 9.17) is 4.74 Å². The molecular formula is C30H49N5O9. The van der Waals surface area contributed by atoms with Crippen molar-refractivity contribution in [2.75, 3.05) is 27.2 Å². The molecule has 2 rings (SSSR count). The lowest BCUT2D eigenvalue weighted by atomic mass is 9.94. The molecular weight excluding hydrogens is 574 g/mol. The van der Waals surface area contributed by atoms with Crippen LogP contribution in [0.1, 0.15) is 73.6 Å². The summed E-state index contributed by atoms with van der Waals surface area (Å²) in [6.45, 7) is 10.2. The molecule has 248 valence electrons. The minimum atomic E-state index is -1.47. The summed E-state index contributed by atoms with van der Waals surface area (Å²) in [6.07, 6.45) is -0.787. The lowest BCUT2D eigenvalue weighted by molar-refractivity contribution is -0.164. The van der Waals surface area contributed by atoms with Crippen LogP contribution < -0.4 is 10.6 Å². The molecule has 2 saturated heterocycles. The zero-order chi connectivity index (χ0) is 33.5. The number of rotatable bonds is 6. The molecule has 0 radical (unpaired) electrons. The highest BCUT2D eigenvalue weighted by Gasteiger charge is 2.43. The maximum atomic E-state index is 13.9. The third-order valence-corrected chi connectivity index (χ3v) is 8.74. The van der Waals surface area contributed by atoms with Gasteiger partial charge >= 0.3 is 11.9 Å². The SMILES string of the molecule is CCC(C)C1NC(=O)C2CCCN2C(=O)C(CC(C)C(=O)O)OC(=O)CCNC(=O)C(C)N(C)C(=O)C(C(C)C)N(C)C1=O. The van der Waals surface area contributed by atoms with Crippen molar-refractivity contribution in [3.05, 3.63) is 0 Å². The molecule has 44 heavy (non-hydrogen) atoms. The van der Waals surface area contributed by atoms with Gasteiger partial charge in [-0.05, 0) is 31.6 Å². The van der Waals surface area contributed by atoms with Crippen molar-refractivity contribution in [3.63, 3.8) is 0 Å². The lowest BCUT2D eigenvalue weighted by Crippen LogP contribution is -2.60. The summed E-state index contributed by atoms with van der Waals surface area (Å²) in [5.74, 6) is -6.46. The van der Waals surface area contributed by atoms with Crippen LogP contribution in [0.15, 0.2) is 0 Å². The Morgan fingerprint density at radius 2 is 1.61 bits per heavy atom. The van der Waals surface area contributed by atoms with Crippen LogP contribution >= 0.6 is 0 Å². The number of hydrogen-bond acceptors (Lipinski definition) is 8. The van der Waals surface area contributed by atoms with E-state index >= 15 is 0 Å². The number of nitrogens with zero attached hydrogens (tertiary/aromatic N) is 3. The van der Waals surface area contributed by atoms with Crippen molar-refractivity contribution >= 4 is 41.5 Å². The van der Waals surface area contributed by atoms with Crippen molar-refractivity contribution in [3.8, 4) is 0 Å². The highest BCUT2D eigenvalue weighted by Crippen LogP contribution is 2.24. The molecule has 7 unspecified atom stereocenters. The first-order valence-electron chi connectivity index (χ1n) is 15.4. The number of amides is 5. The van der Waals surface area contributed by atoms with Gasteiger partial charge in [-0.3, -0.25) is 33.6 Å². The first-order chi connectivity index (χ1) is 20.5. The van der Waals surface area contributed by atoms with Gasteiger partial charge in [0.15, 0.2) is 6.10 Å². The second kappa shape index (κ2) is 15.8. The molecule has 2 heterocycles. The van der Waals surface area contributed by atoms with Crippen molar-refractivity contribution in [2.24, 2.45) is 17.8 Å². The number of fused-ring (bicyclic) bond motifs is 1. The molecule has 0 aliphatic carbocycles. The molecule has 2 aliphatic rings. The number of ether oxygens (including phenoxy) is 1. The van der Waals surface area contributed by atoms with Crippen LogP contribution in [-0.4, -0.2) is 119 Å². The van der Waals surface area contributed by atoms with Crippen LogP contribution in [0.2, 0.25) is 0 Å². The summed E-state index contributed by atoms with van der Waals surface area (Å²) >= 11 is 0. The fraction of sp³-hybridized carbons (Fsp3) is 0.767. The molecule has 0 aromatic rings. The van der Waals surface area contributed by atoms with Gasteiger partial charge in [-0.1, -0.05) is 41.0 Å². The first-order valence-corrected chi connectivity index (χ1v) is 15.4. The Bertz CT molecular complexity index is 1110. The van der Waals surface area contributed by atoms with Crippen molar-refractivity contribution in [1.82, 2.24) is 25.3 Å². The Hall–Kier alpha value is -3.71. The van der Waals surface area contributed by atoms with Crippen LogP contribution in [0.3, 0.4) is 0 Å². The zero-order valence-corrected chi connectivity index (χ0v) is 27.1. The van der Waals surface area contributed by atoms with Gasteiger partial charge in [0.1, 0.15) is 24.2 Å². The molecule has 5 amide bonds. The topological polar surface area (TPSA) is 183 Å². The maximum Gasteiger partial charge on any atom is 0.308 e. The average Bonchev–Trinajstić information content (AvgIpc) is 3.46. The highest BCUT2D eigenvalue weighted by molar-refractivity contribution is 5.96. The summed E-state index contributed by atoms with van der Waals surface area (Å²) in [7, 11) is 2.95. The van der Waals surface area contributed by atoms with Crippen LogP contribution in [0.4, 0.5) is 0 Å². The summed E-state index contributed by atoms with van der Waals surface area (Å²) in [4.78, 5) is 96.0. The van der Waals surface area contributed by atoms with Gasteiger partial charge in [-0.2, -0.15) is 0 Å². The van der Waals surface area contributed by atoms with E-state index in [0.717, 1.165) is 0 Å². The number of hydrogen-bond donors (Lipinski definition) is 3. The highest BCUT2D eigenvalue weighted by atomic mass is 16.5. The molecule has 0 bridgehead atoms. The number of likely N-dealkylation sites (N-methyl/N-ethyl adjacent to an activating group) is 2. The molecule has 0 spiro atoms. The number of aliphatic carboxylic acids is 1. The van der Waals surface area contributed by atoms with E-state index in [-0.39, 0.29) is 37.8 Å². The monoisotopic (exact) mass is 623 g/mol. The summed E-state index contributed by atoms with van der Waals surface area (Å²) in [5, 5.41) is 14.9.